The largest absolute Gasteiger partial charge is 0.493 e. The maximum Gasteiger partial charge on any atom is 0.279 e. The highest BCUT2D eigenvalue weighted by atomic mass is 35.5. The van der Waals surface area contributed by atoms with Crippen LogP contribution in [0.3, 0.4) is 0 Å². The standard InChI is InChI=1S/C18H16ClN3O4S/c1-25-15-7-11-8-17-20-10-18(22(17)14(11)9-16(15)26-2)27(23,24)21-13-5-3-12(19)4-6-13/h3-7,9-10,21H,8H2,1-2H3. The van der Waals surface area contributed by atoms with Crippen molar-refractivity contribution in [2.45, 2.75) is 11.4 Å². The molecule has 2 aromatic carbocycles. The molecule has 0 aliphatic carbocycles. The first-order valence-corrected chi connectivity index (χ1v) is 9.89. The monoisotopic (exact) mass is 405 g/mol. The molecule has 0 fully saturated rings. The highest BCUT2D eigenvalue weighted by Gasteiger charge is 2.30. The molecule has 0 saturated heterocycles. The molecule has 0 radical (unpaired) electrons. The number of halogens is 1. The summed E-state index contributed by atoms with van der Waals surface area (Å²) in [5.74, 6) is 1.74. The second-order valence-electron chi connectivity index (χ2n) is 5.97. The Hall–Kier alpha value is -2.71. The molecule has 3 aromatic rings. The number of anilines is 1. The SMILES string of the molecule is COc1cc2c(cc1OC)-n1c(S(=O)(=O)Nc3ccc(Cl)cc3)cnc1C2. The molecule has 0 atom stereocenters. The quantitative estimate of drug-likeness (QED) is 0.551. The lowest BCUT2D eigenvalue weighted by Crippen LogP contribution is -2.16. The minimum Gasteiger partial charge on any atom is -0.493 e. The van der Waals surface area contributed by atoms with Crippen molar-refractivity contribution in [2.75, 3.05) is 18.9 Å². The lowest BCUT2D eigenvalue weighted by atomic mass is 10.1. The number of nitrogens with zero attached hydrogens (tertiary/aromatic N) is 2. The van der Waals surface area contributed by atoms with Crippen molar-refractivity contribution in [1.29, 1.82) is 0 Å². The maximum absolute atomic E-state index is 12.9. The van der Waals surface area contributed by atoms with Gasteiger partial charge in [-0.25, -0.2) is 4.98 Å². The number of methoxy groups -OCH3 is 2. The Kier molecular flexibility index (Phi) is 4.24. The summed E-state index contributed by atoms with van der Waals surface area (Å²) >= 11 is 5.86. The van der Waals surface area contributed by atoms with Crippen LogP contribution in [0.15, 0.2) is 47.6 Å². The summed E-state index contributed by atoms with van der Waals surface area (Å²) in [6.45, 7) is 0. The van der Waals surface area contributed by atoms with Crippen molar-refractivity contribution in [3.8, 4) is 17.2 Å². The van der Waals surface area contributed by atoms with E-state index in [0.717, 1.165) is 5.56 Å². The van der Waals surface area contributed by atoms with Crippen LogP contribution in [-0.4, -0.2) is 32.2 Å². The van der Waals surface area contributed by atoms with E-state index in [1.54, 1.807) is 42.0 Å². The van der Waals surface area contributed by atoms with E-state index < -0.39 is 10.0 Å². The molecule has 1 aliphatic heterocycles. The van der Waals surface area contributed by atoms with E-state index in [2.05, 4.69) is 9.71 Å². The summed E-state index contributed by atoms with van der Waals surface area (Å²) in [6, 6.07) is 10.0. The van der Waals surface area contributed by atoms with Crippen LogP contribution in [0.4, 0.5) is 5.69 Å². The fourth-order valence-electron chi connectivity index (χ4n) is 3.10. The highest BCUT2D eigenvalue weighted by molar-refractivity contribution is 7.92. The summed E-state index contributed by atoms with van der Waals surface area (Å²) in [5, 5.41) is 0.580. The molecule has 4 rings (SSSR count). The van der Waals surface area contributed by atoms with Crippen molar-refractivity contribution in [3.63, 3.8) is 0 Å². The van der Waals surface area contributed by atoms with Gasteiger partial charge in [0, 0.05) is 23.2 Å². The number of rotatable bonds is 5. The van der Waals surface area contributed by atoms with Gasteiger partial charge in [-0.15, -0.1) is 0 Å². The predicted molar refractivity (Wildman–Crippen MR) is 102 cm³/mol. The summed E-state index contributed by atoms with van der Waals surface area (Å²) in [4.78, 5) is 4.29. The third kappa shape index (κ3) is 3.00. The fraction of sp³-hybridized carbons (Fsp3) is 0.167. The van der Waals surface area contributed by atoms with Crippen LogP contribution in [0.1, 0.15) is 11.4 Å². The molecule has 1 aliphatic rings. The van der Waals surface area contributed by atoms with Crippen molar-refractivity contribution < 1.29 is 17.9 Å². The number of ether oxygens (including phenoxy) is 2. The van der Waals surface area contributed by atoms with E-state index in [1.165, 1.54) is 13.3 Å². The number of aromatic nitrogens is 2. The fourth-order valence-corrected chi connectivity index (χ4v) is 4.41. The molecular weight excluding hydrogens is 390 g/mol. The molecule has 0 unspecified atom stereocenters. The zero-order chi connectivity index (χ0) is 19.2. The van der Waals surface area contributed by atoms with Gasteiger partial charge in [0.05, 0.1) is 26.1 Å². The van der Waals surface area contributed by atoms with Crippen molar-refractivity contribution in [1.82, 2.24) is 9.55 Å². The molecule has 140 valence electrons. The number of benzene rings is 2. The molecule has 27 heavy (non-hydrogen) atoms. The first-order valence-electron chi connectivity index (χ1n) is 8.03. The molecular formula is C18H16ClN3O4S. The Labute approximate surface area is 161 Å². The van der Waals surface area contributed by atoms with E-state index >= 15 is 0 Å². The van der Waals surface area contributed by atoms with E-state index in [4.69, 9.17) is 21.1 Å². The Morgan fingerprint density at radius 2 is 1.78 bits per heavy atom. The van der Waals surface area contributed by atoms with Gasteiger partial charge in [-0.1, -0.05) is 11.6 Å². The second kappa shape index (κ2) is 6.47. The van der Waals surface area contributed by atoms with Gasteiger partial charge in [0.25, 0.3) is 10.0 Å². The molecule has 9 heteroatoms. The van der Waals surface area contributed by atoms with Gasteiger partial charge in [0.15, 0.2) is 16.5 Å². The highest BCUT2D eigenvalue weighted by Crippen LogP contribution is 2.38. The maximum atomic E-state index is 12.9. The second-order valence-corrected chi connectivity index (χ2v) is 8.04. The van der Waals surface area contributed by atoms with E-state index in [0.29, 0.717) is 40.1 Å². The van der Waals surface area contributed by atoms with Crippen LogP contribution in [-0.2, 0) is 16.4 Å². The van der Waals surface area contributed by atoms with E-state index in [-0.39, 0.29) is 5.03 Å². The normalized spacial score (nSPS) is 12.4. The van der Waals surface area contributed by atoms with Gasteiger partial charge < -0.3 is 9.47 Å². The Bertz CT molecular complexity index is 1120. The minimum atomic E-state index is -3.85. The average Bonchev–Trinajstić information content (AvgIpc) is 3.21. The molecule has 0 saturated carbocycles. The van der Waals surface area contributed by atoms with Crippen LogP contribution in [0, 0.1) is 0 Å². The molecule has 2 heterocycles. The Balaban J connectivity index is 1.78. The van der Waals surface area contributed by atoms with Crippen LogP contribution in [0.25, 0.3) is 5.69 Å². The first kappa shape index (κ1) is 17.7. The van der Waals surface area contributed by atoms with Crippen LogP contribution < -0.4 is 14.2 Å². The van der Waals surface area contributed by atoms with Crippen LogP contribution >= 0.6 is 11.6 Å². The summed E-state index contributed by atoms with van der Waals surface area (Å²) in [6.07, 6.45) is 1.86. The smallest absolute Gasteiger partial charge is 0.279 e. The average molecular weight is 406 g/mol. The number of hydrogen-bond donors (Lipinski definition) is 1. The third-order valence-corrected chi connectivity index (χ3v) is 5.94. The van der Waals surface area contributed by atoms with Crippen LogP contribution in [0.2, 0.25) is 5.02 Å². The van der Waals surface area contributed by atoms with Crippen molar-refractivity contribution >= 4 is 27.3 Å². The molecule has 0 bridgehead atoms. The molecule has 0 spiro atoms. The van der Waals surface area contributed by atoms with Gasteiger partial charge in [-0.2, -0.15) is 8.42 Å². The zero-order valence-corrected chi connectivity index (χ0v) is 16.1. The number of nitrogens with one attached hydrogen (secondary N) is 1. The van der Waals surface area contributed by atoms with E-state index in [1.807, 2.05) is 6.07 Å². The van der Waals surface area contributed by atoms with Gasteiger partial charge in [-0.05, 0) is 35.9 Å². The summed E-state index contributed by atoms with van der Waals surface area (Å²) < 4.78 is 40.7. The Morgan fingerprint density at radius 1 is 1.11 bits per heavy atom. The zero-order valence-electron chi connectivity index (χ0n) is 14.6. The topological polar surface area (TPSA) is 82.5 Å². The molecule has 7 nitrogen and oxygen atoms in total. The first-order chi connectivity index (χ1) is 12.9. The minimum absolute atomic E-state index is 0.0541. The van der Waals surface area contributed by atoms with Gasteiger partial charge >= 0.3 is 0 Å². The third-order valence-electron chi connectivity index (χ3n) is 4.35. The van der Waals surface area contributed by atoms with Gasteiger partial charge in [0.1, 0.15) is 5.82 Å². The molecule has 1 aromatic heterocycles. The van der Waals surface area contributed by atoms with Crippen molar-refractivity contribution in [2.24, 2.45) is 0 Å². The lowest BCUT2D eigenvalue weighted by Gasteiger charge is -2.13. The summed E-state index contributed by atoms with van der Waals surface area (Å²) in [5.41, 5.74) is 2.04. The van der Waals surface area contributed by atoms with Crippen LogP contribution in [0.5, 0.6) is 11.5 Å². The molecule has 0 amide bonds. The van der Waals surface area contributed by atoms with E-state index in [9.17, 15) is 8.42 Å². The number of sulfonamides is 1. The number of fused-ring (bicyclic) bond motifs is 3. The number of imidazole rings is 1. The van der Waals surface area contributed by atoms with Gasteiger partial charge in [0.2, 0.25) is 0 Å². The number of hydrogen-bond acceptors (Lipinski definition) is 5. The summed E-state index contributed by atoms with van der Waals surface area (Å²) in [7, 11) is -0.756. The lowest BCUT2D eigenvalue weighted by molar-refractivity contribution is 0.354. The molecule has 1 N–H and O–H groups in total. The Morgan fingerprint density at radius 3 is 2.44 bits per heavy atom. The van der Waals surface area contributed by atoms with Crippen molar-refractivity contribution in [3.05, 3.63) is 59.0 Å². The van der Waals surface area contributed by atoms with Gasteiger partial charge in [-0.3, -0.25) is 9.29 Å². The predicted octanol–water partition coefficient (Wildman–Crippen LogP) is 3.25.